The van der Waals surface area contributed by atoms with Crippen LogP contribution in [0.25, 0.3) is 0 Å². The van der Waals surface area contributed by atoms with Crippen molar-refractivity contribution in [1.29, 1.82) is 0 Å². The van der Waals surface area contributed by atoms with Crippen LogP contribution in [0.15, 0.2) is 34.1 Å². The smallest absolute Gasteiger partial charge is 0.0717 e. The van der Waals surface area contributed by atoms with Gasteiger partial charge in [0.2, 0.25) is 0 Å². The molecular formula is C10H15N. The molecule has 0 radical (unpaired) electrons. The molecule has 0 bridgehead atoms. The van der Waals surface area contributed by atoms with Crippen molar-refractivity contribution in [3.8, 4) is 0 Å². The highest BCUT2D eigenvalue weighted by atomic mass is 14.7. The van der Waals surface area contributed by atoms with E-state index in [0.29, 0.717) is 0 Å². The van der Waals surface area contributed by atoms with Gasteiger partial charge in [-0.1, -0.05) is 6.58 Å². The van der Waals surface area contributed by atoms with E-state index in [1.807, 2.05) is 27.7 Å². The molecule has 0 amide bonds. The van der Waals surface area contributed by atoms with Gasteiger partial charge in [0.05, 0.1) is 5.70 Å². The molecular weight excluding hydrogens is 134 g/mol. The molecule has 0 fully saturated rings. The maximum absolute atomic E-state index is 4.21. The number of aliphatic imine (C=N–C) groups is 1. The minimum atomic E-state index is 0.988. The number of nitrogens with zero attached hydrogens (tertiary/aromatic N) is 1. The zero-order valence-corrected chi connectivity index (χ0v) is 7.73. The minimum absolute atomic E-state index is 0.988. The third-order valence-electron chi connectivity index (χ3n) is 1.35. The highest BCUT2D eigenvalue weighted by Gasteiger charge is 1.96. The summed E-state index contributed by atoms with van der Waals surface area (Å²) in [5.74, 6) is 0. The molecule has 0 aliphatic heterocycles. The van der Waals surface area contributed by atoms with Crippen molar-refractivity contribution in [3.63, 3.8) is 0 Å². The molecule has 0 heterocycles. The second-order valence-electron chi connectivity index (χ2n) is 2.54. The van der Waals surface area contributed by atoms with Gasteiger partial charge in [-0.05, 0) is 33.3 Å². The third-order valence-corrected chi connectivity index (χ3v) is 1.35. The summed E-state index contributed by atoms with van der Waals surface area (Å²) in [5, 5.41) is 0. The second-order valence-corrected chi connectivity index (χ2v) is 2.54. The van der Waals surface area contributed by atoms with Crippen molar-refractivity contribution in [3.05, 3.63) is 29.2 Å². The Hall–Kier alpha value is -1.07. The first-order chi connectivity index (χ1) is 5.13. The predicted octanol–water partition coefficient (Wildman–Crippen LogP) is 3.10. The summed E-state index contributed by atoms with van der Waals surface area (Å²) >= 11 is 0. The van der Waals surface area contributed by atoms with Crippen LogP contribution in [0.3, 0.4) is 0 Å². The van der Waals surface area contributed by atoms with Crippen molar-refractivity contribution in [2.75, 3.05) is 0 Å². The molecule has 1 heteroatoms. The fourth-order valence-corrected chi connectivity index (χ4v) is 0.814. The van der Waals surface area contributed by atoms with E-state index >= 15 is 0 Å². The molecule has 11 heavy (non-hydrogen) atoms. The van der Waals surface area contributed by atoms with Crippen LogP contribution in [0.4, 0.5) is 0 Å². The monoisotopic (exact) mass is 149 g/mol. The molecule has 0 aromatic rings. The van der Waals surface area contributed by atoms with E-state index in [2.05, 4.69) is 17.3 Å². The zero-order valence-electron chi connectivity index (χ0n) is 7.73. The number of allylic oxidation sites excluding steroid dienone is 2. The lowest BCUT2D eigenvalue weighted by Gasteiger charge is -2.00. The second kappa shape index (κ2) is 4.70. The summed E-state index contributed by atoms with van der Waals surface area (Å²) in [4.78, 5) is 4.21. The van der Waals surface area contributed by atoms with E-state index < -0.39 is 0 Å². The van der Waals surface area contributed by atoms with Crippen molar-refractivity contribution >= 4 is 6.21 Å². The maximum atomic E-state index is 4.21. The quantitative estimate of drug-likeness (QED) is 0.325. The van der Waals surface area contributed by atoms with Crippen LogP contribution in [-0.4, -0.2) is 6.21 Å². The average Bonchev–Trinajstić information content (AvgIpc) is 1.98. The Labute approximate surface area is 68.9 Å². The molecule has 0 spiro atoms. The molecule has 1 nitrogen and oxygen atoms in total. The lowest BCUT2D eigenvalue weighted by atomic mass is 10.1. The highest BCUT2D eigenvalue weighted by molar-refractivity contribution is 5.57. The molecule has 0 aliphatic rings. The Balaban J connectivity index is 4.94. The van der Waals surface area contributed by atoms with Crippen molar-refractivity contribution in [2.45, 2.75) is 27.7 Å². The average molecular weight is 149 g/mol. The number of hydrogen-bond acceptors (Lipinski definition) is 1. The summed E-state index contributed by atoms with van der Waals surface area (Å²) in [6, 6.07) is 0. The van der Waals surface area contributed by atoms with Crippen LogP contribution in [0.5, 0.6) is 0 Å². The SMILES string of the molecule is C=C=C(C)C(N=CC)=C(C)C. The van der Waals surface area contributed by atoms with E-state index in [1.165, 1.54) is 5.57 Å². The van der Waals surface area contributed by atoms with Crippen molar-refractivity contribution < 1.29 is 0 Å². The topological polar surface area (TPSA) is 12.4 Å². The van der Waals surface area contributed by atoms with Gasteiger partial charge in [0.15, 0.2) is 0 Å². The Bertz CT molecular complexity index is 234. The van der Waals surface area contributed by atoms with Gasteiger partial charge in [0, 0.05) is 11.8 Å². The fourth-order valence-electron chi connectivity index (χ4n) is 0.814. The number of hydrogen-bond donors (Lipinski definition) is 0. The van der Waals surface area contributed by atoms with Crippen LogP contribution in [0.2, 0.25) is 0 Å². The Morgan fingerprint density at radius 2 is 1.91 bits per heavy atom. The van der Waals surface area contributed by atoms with Gasteiger partial charge in [0.25, 0.3) is 0 Å². The standard InChI is InChI=1S/C10H15N/c1-6-9(5)10(8(3)4)11-7-2/h7H,1H2,2-5H3. The molecule has 0 unspecified atom stereocenters. The van der Waals surface area contributed by atoms with Gasteiger partial charge in [-0.3, -0.25) is 4.99 Å². The van der Waals surface area contributed by atoms with Crippen LogP contribution < -0.4 is 0 Å². The maximum Gasteiger partial charge on any atom is 0.0717 e. The Kier molecular flexibility index (Phi) is 4.24. The van der Waals surface area contributed by atoms with Crippen LogP contribution in [0, 0.1) is 0 Å². The van der Waals surface area contributed by atoms with Gasteiger partial charge in [0.1, 0.15) is 0 Å². The van der Waals surface area contributed by atoms with Crippen LogP contribution in [0.1, 0.15) is 27.7 Å². The van der Waals surface area contributed by atoms with Gasteiger partial charge in [-0.2, -0.15) is 0 Å². The number of rotatable bonds is 2. The zero-order chi connectivity index (χ0) is 8.85. The van der Waals surface area contributed by atoms with Crippen molar-refractivity contribution in [1.82, 2.24) is 0 Å². The Morgan fingerprint density at radius 3 is 2.18 bits per heavy atom. The Morgan fingerprint density at radius 1 is 1.36 bits per heavy atom. The molecule has 0 aromatic carbocycles. The summed E-state index contributed by atoms with van der Waals surface area (Å²) < 4.78 is 0. The molecule has 60 valence electrons. The lowest BCUT2D eigenvalue weighted by molar-refractivity contribution is 1.19. The normalized spacial score (nSPS) is 9.45. The highest BCUT2D eigenvalue weighted by Crippen LogP contribution is 2.13. The molecule has 0 aliphatic carbocycles. The van der Waals surface area contributed by atoms with E-state index in [1.54, 1.807) is 6.21 Å². The summed E-state index contributed by atoms with van der Waals surface area (Å²) in [6.45, 7) is 11.5. The first kappa shape index (κ1) is 9.93. The van der Waals surface area contributed by atoms with E-state index in [0.717, 1.165) is 11.3 Å². The molecule has 0 rings (SSSR count). The van der Waals surface area contributed by atoms with Gasteiger partial charge in [-0.15, -0.1) is 5.73 Å². The predicted molar refractivity (Wildman–Crippen MR) is 50.9 cm³/mol. The third kappa shape index (κ3) is 3.01. The summed E-state index contributed by atoms with van der Waals surface area (Å²) in [5.41, 5.74) is 6.01. The first-order valence-corrected chi connectivity index (χ1v) is 3.66. The minimum Gasteiger partial charge on any atom is -0.261 e. The van der Waals surface area contributed by atoms with E-state index in [9.17, 15) is 0 Å². The van der Waals surface area contributed by atoms with E-state index in [4.69, 9.17) is 0 Å². The molecule has 0 saturated heterocycles. The van der Waals surface area contributed by atoms with Gasteiger partial charge < -0.3 is 0 Å². The fraction of sp³-hybridized carbons (Fsp3) is 0.400. The molecule has 0 atom stereocenters. The first-order valence-electron chi connectivity index (χ1n) is 3.66. The molecule has 0 saturated carbocycles. The largest absolute Gasteiger partial charge is 0.261 e. The van der Waals surface area contributed by atoms with Crippen molar-refractivity contribution in [2.24, 2.45) is 4.99 Å². The van der Waals surface area contributed by atoms with Gasteiger partial charge >= 0.3 is 0 Å². The van der Waals surface area contributed by atoms with Crippen LogP contribution >= 0.6 is 0 Å². The molecule has 0 aromatic heterocycles. The van der Waals surface area contributed by atoms with Crippen LogP contribution in [-0.2, 0) is 0 Å². The summed E-state index contributed by atoms with van der Waals surface area (Å²) in [7, 11) is 0. The van der Waals surface area contributed by atoms with Gasteiger partial charge in [-0.25, -0.2) is 0 Å². The summed E-state index contributed by atoms with van der Waals surface area (Å²) in [6.07, 6.45) is 1.78. The van der Waals surface area contributed by atoms with E-state index in [-0.39, 0.29) is 0 Å². The lowest BCUT2D eigenvalue weighted by Crippen LogP contribution is -1.83. The molecule has 0 N–H and O–H groups in total.